The molecular weight excluding hydrogens is 234 g/mol. The van der Waals surface area contributed by atoms with Gasteiger partial charge < -0.3 is 15.2 Å². The molecule has 2 atom stereocenters. The molecule has 0 aromatic carbocycles. The van der Waals surface area contributed by atoms with Crippen molar-refractivity contribution in [2.24, 2.45) is 0 Å². The van der Waals surface area contributed by atoms with Gasteiger partial charge in [-0.15, -0.1) is 11.3 Å². The zero-order valence-corrected chi connectivity index (χ0v) is 11.9. The van der Waals surface area contributed by atoms with Crippen LogP contribution in [-0.2, 0) is 4.74 Å². The standard InChI is InChI=1S/C13H23NO2S/c1-9-7-13(11(3)17-9)10(2)14-6-5-12(15)8-16-4/h7,10,12,14-15H,5-6,8H2,1-4H3. The summed E-state index contributed by atoms with van der Waals surface area (Å²) in [5.41, 5.74) is 1.37. The molecule has 1 rings (SSSR count). The Labute approximate surface area is 108 Å². The van der Waals surface area contributed by atoms with Gasteiger partial charge in [-0.2, -0.15) is 0 Å². The Hall–Kier alpha value is -0.420. The van der Waals surface area contributed by atoms with Gasteiger partial charge in [0.1, 0.15) is 0 Å². The van der Waals surface area contributed by atoms with Crippen molar-refractivity contribution >= 4 is 11.3 Å². The minimum absolute atomic E-state index is 0.342. The Kier molecular flexibility index (Phi) is 6.12. The molecule has 0 aliphatic heterocycles. The second-order valence-corrected chi connectivity index (χ2v) is 5.90. The van der Waals surface area contributed by atoms with Crippen LogP contribution in [0.25, 0.3) is 0 Å². The van der Waals surface area contributed by atoms with Crippen LogP contribution >= 0.6 is 11.3 Å². The number of aryl methyl sites for hydroxylation is 2. The van der Waals surface area contributed by atoms with Crippen LogP contribution in [0, 0.1) is 13.8 Å². The van der Waals surface area contributed by atoms with E-state index in [1.165, 1.54) is 15.3 Å². The van der Waals surface area contributed by atoms with Crippen LogP contribution in [0.4, 0.5) is 0 Å². The van der Waals surface area contributed by atoms with Crippen molar-refractivity contribution < 1.29 is 9.84 Å². The molecule has 0 fully saturated rings. The van der Waals surface area contributed by atoms with E-state index in [9.17, 15) is 5.11 Å². The predicted octanol–water partition coefficient (Wildman–Crippen LogP) is 2.41. The minimum Gasteiger partial charge on any atom is -0.391 e. The molecule has 1 heterocycles. The van der Waals surface area contributed by atoms with Gasteiger partial charge in [-0.3, -0.25) is 0 Å². The van der Waals surface area contributed by atoms with Crippen molar-refractivity contribution in [2.45, 2.75) is 39.3 Å². The minimum atomic E-state index is -0.370. The highest BCUT2D eigenvalue weighted by atomic mass is 32.1. The average molecular weight is 257 g/mol. The van der Waals surface area contributed by atoms with Crippen molar-refractivity contribution in [3.05, 3.63) is 21.4 Å². The normalized spacial score (nSPS) is 14.9. The number of hydrogen-bond acceptors (Lipinski definition) is 4. The van der Waals surface area contributed by atoms with Gasteiger partial charge in [0.25, 0.3) is 0 Å². The first kappa shape index (κ1) is 14.6. The first-order valence-corrected chi connectivity index (χ1v) is 6.83. The van der Waals surface area contributed by atoms with Crippen molar-refractivity contribution in [3.8, 4) is 0 Å². The first-order chi connectivity index (χ1) is 8.04. The molecule has 0 saturated heterocycles. The Morgan fingerprint density at radius 1 is 1.47 bits per heavy atom. The van der Waals surface area contributed by atoms with Gasteiger partial charge in [0.15, 0.2) is 0 Å². The van der Waals surface area contributed by atoms with Gasteiger partial charge in [-0.1, -0.05) is 0 Å². The third kappa shape index (κ3) is 4.76. The van der Waals surface area contributed by atoms with E-state index in [1.54, 1.807) is 7.11 Å². The molecule has 0 aliphatic carbocycles. The molecule has 0 saturated carbocycles. The Morgan fingerprint density at radius 3 is 2.71 bits per heavy atom. The molecule has 0 aliphatic rings. The van der Waals surface area contributed by atoms with Crippen molar-refractivity contribution in [1.82, 2.24) is 5.32 Å². The summed E-state index contributed by atoms with van der Waals surface area (Å²) >= 11 is 1.84. The second kappa shape index (κ2) is 7.11. The smallest absolute Gasteiger partial charge is 0.0785 e. The molecule has 17 heavy (non-hydrogen) atoms. The average Bonchev–Trinajstić information content (AvgIpc) is 2.58. The number of nitrogens with one attached hydrogen (secondary N) is 1. The van der Waals surface area contributed by atoms with Crippen LogP contribution in [0.2, 0.25) is 0 Å². The molecule has 4 heteroatoms. The molecule has 1 aromatic heterocycles. The number of thiophene rings is 1. The molecular formula is C13H23NO2S. The lowest BCUT2D eigenvalue weighted by Crippen LogP contribution is -2.25. The van der Waals surface area contributed by atoms with Crippen LogP contribution < -0.4 is 5.32 Å². The van der Waals surface area contributed by atoms with Crippen LogP contribution in [0.5, 0.6) is 0 Å². The van der Waals surface area contributed by atoms with E-state index < -0.39 is 0 Å². The number of rotatable bonds is 7. The third-order valence-electron chi connectivity index (χ3n) is 2.83. The van der Waals surface area contributed by atoms with Crippen LogP contribution in [0.15, 0.2) is 6.07 Å². The van der Waals surface area contributed by atoms with Gasteiger partial charge in [0.2, 0.25) is 0 Å². The van der Waals surface area contributed by atoms with Crippen LogP contribution in [-0.4, -0.2) is 31.5 Å². The van der Waals surface area contributed by atoms with Gasteiger partial charge in [-0.05, 0) is 45.4 Å². The molecule has 2 unspecified atom stereocenters. The fourth-order valence-corrected chi connectivity index (χ4v) is 2.95. The highest BCUT2D eigenvalue weighted by Crippen LogP contribution is 2.25. The second-order valence-electron chi connectivity index (χ2n) is 4.44. The molecule has 0 radical (unpaired) electrons. The van der Waals surface area contributed by atoms with E-state index in [-0.39, 0.29) is 6.10 Å². The summed E-state index contributed by atoms with van der Waals surface area (Å²) < 4.78 is 4.89. The highest BCUT2D eigenvalue weighted by Gasteiger charge is 2.11. The molecule has 3 nitrogen and oxygen atoms in total. The van der Waals surface area contributed by atoms with E-state index >= 15 is 0 Å². The number of ether oxygens (including phenoxy) is 1. The number of methoxy groups -OCH3 is 1. The fourth-order valence-electron chi connectivity index (χ4n) is 1.93. The fraction of sp³-hybridized carbons (Fsp3) is 0.692. The summed E-state index contributed by atoms with van der Waals surface area (Å²) in [6.07, 6.45) is 0.352. The SMILES string of the molecule is COCC(O)CCNC(C)c1cc(C)sc1C. The number of hydrogen-bond donors (Lipinski definition) is 2. The van der Waals surface area contributed by atoms with Crippen LogP contribution in [0.3, 0.4) is 0 Å². The Morgan fingerprint density at radius 2 is 2.18 bits per heavy atom. The van der Waals surface area contributed by atoms with Crippen LogP contribution in [0.1, 0.15) is 34.7 Å². The molecule has 0 bridgehead atoms. The maximum Gasteiger partial charge on any atom is 0.0785 e. The van der Waals surface area contributed by atoms with E-state index in [4.69, 9.17) is 4.74 Å². The summed E-state index contributed by atoms with van der Waals surface area (Å²) in [5.74, 6) is 0. The first-order valence-electron chi connectivity index (χ1n) is 6.02. The lowest BCUT2D eigenvalue weighted by molar-refractivity contribution is 0.0590. The van der Waals surface area contributed by atoms with E-state index in [2.05, 4.69) is 32.2 Å². The Balaban J connectivity index is 2.35. The van der Waals surface area contributed by atoms with E-state index in [1.807, 2.05) is 11.3 Å². The van der Waals surface area contributed by atoms with Crippen molar-refractivity contribution in [3.63, 3.8) is 0 Å². The zero-order valence-electron chi connectivity index (χ0n) is 11.1. The summed E-state index contributed by atoms with van der Waals surface area (Å²) in [6.45, 7) is 7.67. The lowest BCUT2D eigenvalue weighted by Gasteiger charge is -2.15. The lowest BCUT2D eigenvalue weighted by atomic mass is 10.1. The van der Waals surface area contributed by atoms with Gasteiger partial charge in [0, 0.05) is 22.9 Å². The molecule has 0 spiro atoms. The largest absolute Gasteiger partial charge is 0.391 e. The Bertz CT molecular complexity index is 338. The molecule has 1 aromatic rings. The quantitative estimate of drug-likeness (QED) is 0.788. The predicted molar refractivity (Wildman–Crippen MR) is 72.7 cm³/mol. The summed E-state index contributed by atoms with van der Waals surface area (Å²) in [4.78, 5) is 2.73. The van der Waals surface area contributed by atoms with Crippen molar-refractivity contribution in [2.75, 3.05) is 20.3 Å². The number of aliphatic hydroxyl groups is 1. The van der Waals surface area contributed by atoms with Crippen molar-refractivity contribution in [1.29, 1.82) is 0 Å². The van der Waals surface area contributed by atoms with Gasteiger partial charge in [0.05, 0.1) is 12.7 Å². The summed E-state index contributed by atoms with van der Waals surface area (Å²) in [7, 11) is 1.61. The monoisotopic (exact) mass is 257 g/mol. The summed E-state index contributed by atoms with van der Waals surface area (Å²) in [5, 5.41) is 13.0. The number of aliphatic hydroxyl groups excluding tert-OH is 1. The maximum absolute atomic E-state index is 9.53. The topological polar surface area (TPSA) is 41.5 Å². The summed E-state index contributed by atoms with van der Waals surface area (Å²) in [6, 6.07) is 2.58. The molecule has 98 valence electrons. The van der Waals surface area contributed by atoms with E-state index in [0.717, 1.165) is 13.0 Å². The zero-order chi connectivity index (χ0) is 12.8. The maximum atomic E-state index is 9.53. The van der Waals surface area contributed by atoms with Gasteiger partial charge in [-0.25, -0.2) is 0 Å². The van der Waals surface area contributed by atoms with Gasteiger partial charge >= 0.3 is 0 Å². The molecule has 2 N–H and O–H groups in total. The van der Waals surface area contributed by atoms with E-state index in [0.29, 0.717) is 12.6 Å². The third-order valence-corrected chi connectivity index (χ3v) is 3.81. The molecule has 0 amide bonds. The highest BCUT2D eigenvalue weighted by molar-refractivity contribution is 7.12.